The molecule has 9 nitrogen and oxygen atoms in total. The van der Waals surface area contributed by atoms with E-state index in [9.17, 15) is 14.9 Å². The Morgan fingerprint density at radius 1 is 1.13 bits per heavy atom. The molecule has 0 spiro atoms. The Morgan fingerprint density at radius 2 is 1.87 bits per heavy atom. The molecule has 0 saturated carbocycles. The molecular weight excluding hydrogens is 392 g/mol. The van der Waals surface area contributed by atoms with Crippen LogP contribution in [0.15, 0.2) is 30.3 Å². The van der Waals surface area contributed by atoms with E-state index in [0.717, 1.165) is 5.56 Å². The van der Waals surface area contributed by atoms with E-state index in [1.807, 2.05) is 19.1 Å². The maximum Gasteiger partial charge on any atom is 0.286 e. The van der Waals surface area contributed by atoms with Crippen LogP contribution in [0.2, 0.25) is 0 Å². The second kappa shape index (κ2) is 9.34. The molecule has 0 bridgehead atoms. The van der Waals surface area contributed by atoms with Crippen molar-refractivity contribution >= 4 is 11.6 Å². The van der Waals surface area contributed by atoms with Gasteiger partial charge >= 0.3 is 0 Å². The molecule has 30 heavy (non-hydrogen) atoms. The summed E-state index contributed by atoms with van der Waals surface area (Å²) >= 11 is 0. The Labute approximate surface area is 174 Å². The number of nitro groups is 1. The zero-order valence-electron chi connectivity index (χ0n) is 17.2. The molecule has 2 aromatic carbocycles. The molecule has 1 aliphatic heterocycles. The minimum absolute atomic E-state index is 0.0558. The molecule has 1 heterocycles. The van der Waals surface area contributed by atoms with Gasteiger partial charge in [0, 0.05) is 19.2 Å². The van der Waals surface area contributed by atoms with Crippen molar-refractivity contribution in [1.82, 2.24) is 4.90 Å². The Kier molecular flexibility index (Phi) is 6.61. The monoisotopic (exact) mass is 416 g/mol. The number of amides is 1. The van der Waals surface area contributed by atoms with Gasteiger partial charge in [0.05, 0.1) is 24.7 Å². The Morgan fingerprint density at radius 3 is 2.50 bits per heavy atom. The number of hydrogen-bond donors (Lipinski definition) is 0. The van der Waals surface area contributed by atoms with E-state index in [1.54, 1.807) is 13.0 Å². The number of carbonyl (C=O) groups is 1. The molecule has 0 fully saturated rings. The third kappa shape index (κ3) is 4.40. The fourth-order valence-corrected chi connectivity index (χ4v) is 3.20. The van der Waals surface area contributed by atoms with E-state index < -0.39 is 10.8 Å². The van der Waals surface area contributed by atoms with Crippen LogP contribution in [0.25, 0.3) is 0 Å². The zero-order chi connectivity index (χ0) is 21.7. The fraction of sp³-hybridized carbons (Fsp3) is 0.381. The number of methoxy groups -OCH3 is 1. The molecule has 2 aromatic rings. The predicted molar refractivity (Wildman–Crippen MR) is 109 cm³/mol. The van der Waals surface area contributed by atoms with Crippen molar-refractivity contribution in [3.63, 3.8) is 0 Å². The third-order valence-corrected chi connectivity index (χ3v) is 4.66. The Balaban J connectivity index is 1.92. The topological polar surface area (TPSA) is 100 Å². The molecule has 9 heteroatoms. The van der Waals surface area contributed by atoms with Crippen LogP contribution in [0.1, 0.15) is 29.8 Å². The molecule has 3 rings (SSSR count). The first-order valence-corrected chi connectivity index (χ1v) is 9.65. The van der Waals surface area contributed by atoms with E-state index in [0.29, 0.717) is 37.9 Å². The van der Waals surface area contributed by atoms with Gasteiger partial charge in [-0.1, -0.05) is 6.07 Å². The summed E-state index contributed by atoms with van der Waals surface area (Å²) in [6, 6.07) is 8.05. The highest BCUT2D eigenvalue weighted by atomic mass is 16.6. The maximum atomic E-state index is 13.2. The van der Waals surface area contributed by atoms with Gasteiger partial charge < -0.3 is 23.8 Å². The van der Waals surface area contributed by atoms with Crippen LogP contribution < -0.4 is 18.9 Å². The van der Waals surface area contributed by atoms with E-state index >= 15 is 0 Å². The van der Waals surface area contributed by atoms with Crippen molar-refractivity contribution in [2.45, 2.75) is 20.4 Å². The minimum Gasteiger partial charge on any atom is -0.493 e. The highest BCUT2D eigenvalue weighted by molar-refractivity contribution is 5.99. The molecular formula is C21H24N2O7. The van der Waals surface area contributed by atoms with E-state index in [-0.39, 0.29) is 29.3 Å². The lowest BCUT2D eigenvalue weighted by Crippen LogP contribution is -2.31. The summed E-state index contributed by atoms with van der Waals surface area (Å²) in [6.07, 6.45) is 0. The number of nitro benzene ring substituents is 1. The van der Waals surface area contributed by atoms with Crippen LogP contribution in [0.4, 0.5) is 5.69 Å². The van der Waals surface area contributed by atoms with E-state index in [1.165, 1.54) is 24.1 Å². The van der Waals surface area contributed by atoms with Crippen molar-refractivity contribution in [2.75, 3.05) is 33.5 Å². The van der Waals surface area contributed by atoms with Crippen molar-refractivity contribution < 1.29 is 28.7 Å². The number of nitrogens with zero attached hydrogens (tertiary/aromatic N) is 2. The second-order valence-corrected chi connectivity index (χ2v) is 6.51. The molecule has 0 unspecified atom stereocenters. The Bertz CT molecular complexity index is 945. The average molecular weight is 416 g/mol. The summed E-state index contributed by atoms with van der Waals surface area (Å²) < 4.78 is 21.8. The normalized spacial score (nSPS) is 12.2. The number of fused-ring (bicyclic) bond motifs is 1. The molecule has 0 N–H and O–H groups in total. The first kappa shape index (κ1) is 21.2. The molecule has 1 aliphatic rings. The largest absolute Gasteiger partial charge is 0.493 e. The van der Waals surface area contributed by atoms with Gasteiger partial charge in [0.2, 0.25) is 0 Å². The van der Waals surface area contributed by atoms with Crippen LogP contribution >= 0.6 is 0 Å². The van der Waals surface area contributed by atoms with Gasteiger partial charge in [-0.25, -0.2) is 0 Å². The van der Waals surface area contributed by atoms with Crippen LogP contribution in [0.5, 0.6) is 23.0 Å². The summed E-state index contributed by atoms with van der Waals surface area (Å²) in [4.78, 5) is 25.8. The quantitative estimate of drug-likeness (QED) is 0.480. The van der Waals surface area contributed by atoms with Gasteiger partial charge in [-0.3, -0.25) is 14.9 Å². The van der Waals surface area contributed by atoms with Crippen molar-refractivity contribution in [3.05, 3.63) is 51.6 Å². The first-order chi connectivity index (χ1) is 14.5. The summed E-state index contributed by atoms with van der Waals surface area (Å²) in [7, 11) is 1.42. The summed E-state index contributed by atoms with van der Waals surface area (Å²) in [5.74, 6) is 1.29. The summed E-state index contributed by atoms with van der Waals surface area (Å²) in [5.41, 5.74) is 0.444. The number of ether oxygens (including phenoxy) is 4. The van der Waals surface area contributed by atoms with Gasteiger partial charge in [0.15, 0.2) is 23.0 Å². The van der Waals surface area contributed by atoms with Gasteiger partial charge in [0.25, 0.3) is 11.6 Å². The fourth-order valence-electron chi connectivity index (χ4n) is 3.20. The second-order valence-electron chi connectivity index (χ2n) is 6.51. The third-order valence-electron chi connectivity index (χ3n) is 4.66. The van der Waals surface area contributed by atoms with Gasteiger partial charge in [-0.2, -0.15) is 0 Å². The molecule has 0 radical (unpaired) electrons. The highest BCUT2D eigenvalue weighted by Crippen LogP contribution is 2.36. The van der Waals surface area contributed by atoms with Gasteiger partial charge in [-0.15, -0.1) is 0 Å². The molecule has 0 aliphatic carbocycles. The standard InChI is InChI=1S/C21H24N2O7/c1-4-22(13-14-6-7-17-19(10-14)30-9-8-29-17)21(24)15-11-18(27-3)20(28-5-2)12-16(15)23(25)26/h6-7,10-12H,4-5,8-9,13H2,1-3H3. The number of hydrogen-bond acceptors (Lipinski definition) is 7. The molecule has 1 amide bonds. The van der Waals surface area contributed by atoms with Crippen LogP contribution in [-0.4, -0.2) is 49.2 Å². The number of rotatable bonds is 8. The Hall–Kier alpha value is -3.49. The lowest BCUT2D eigenvalue weighted by atomic mass is 10.1. The number of carbonyl (C=O) groups excluding carboxylic acids is 1. The van der Waals surface area contributed by atoms with Gasteiger partial charge in [-0.05, 0) is 31.5 Å². The lowest BCUT2D eigenvalue weighted by Gasteiger charge is -2.23. The maximum absolute atomic E-state index is 13.2. The van der Waals surface area contributed by atoms with E-state index in [4.69, 9.17) is 18.9 Å². The summed E-state index contributed by atoms with van der Waals surface area (Å²) in [6.45, 7) is 5.47. The minimum atomic E-state index is -0.590. The smallest absolute Gasteiger partial charge is 0.286 e. The predicted octanol–water partition coefficient (Wildman–Crippen LogP) is 3.44. The lowest BCUT2D eigenvalue weighted by molar-refractivity contribution is -0.385. The molecule has 160 valence electrons. The highest BCUT2D eigenvalue weighted by Gasteiger charge is 2.28. The first-order valence-electron chi connectivity index (χ1n) is 9.65. The van der Waals surface area contributed by atoms with Crippen LogP contribution in [-0.2, 0) is 6.54 Å². The summed E-state index contributed by atoms with van der Waals surface area (Å²) in [5, 5.41) is 11.6. The molecule has 0 saturated heterocycles. The molecule has 0 aromatic heterocycles. The van der Waals surface area contributed by atoms with Crippen molar-refractivity contribution in [3.8, 4) is 23.0 Å². The number of benzene rings is 2. The molecule has 0 atom stereocenters. The van der Waals surface area contributed by atoms with E-state index in [2.05, 4.69) is 0 Å². The van der Waals surface area contributed by atoms with Gasteiger partial charge in [0.1, 0.15) is 18.8 Å². The van der Waals surface area contributed by atoms with Crippen molar-refractivity contribution in [1.29, 1.82) is 0 Å². The average Bonchev–Trinajstić information content (AvgIpc) is 2.76. The van der Waals surface area contributed by atoms with Crippen molar-refractivity contribution in [2.24, 2.45) is 0 Å². The van der Waals surface area contributed by atoms with Crippen LogP contribution in [0.3, 0.4) is 0 Å². The van der Waals surface area contributed by atoms with Crippen LogP contribution in [0, 0.1) is 10.1 Å². The SMILES string of the molecule is CCOc1cc([N+](=O)[O-])c(C(=O)N(CC)Cc2ccc3c(c2)OCCO3)cc1OC. The zero-order valence-corrected chi connectivity index (χ0v) is 17.2.